The third-order valence-electron chi connectivity index (χ3n) is 4.60. The molecule has 102 valence electrons. The van der Waals surface area contributed by atoms with E-state index in [0.29, 0.717) is 18.8 Å². The Kier molecular flexibility index (Phi) is 5.19. The topological polar surface area (TPSA) is 44.1 Å². The summed E-state index contributed by atoms with van der Waals surface area (Å²) >= 11 is 0. The highest BCUT2D eigenvalue weighted by Crippen LogP contribution is 2.31. The summed E-state index contributed by atoms with van der Waals surface area (Å²) in [5.41, 5.74) is -0.787. The van der Waals surface area contributed by atoms with Gasteiger partial charge in [-0.2, -0.15) is 5.26 Å². The molecule has 1 aliphatic rings. The number of nitrogens with zero attached hydrogens (tertiary/aromatic N) is 2. The van der Waals surface area contributed by atoms with E-state index in [9.17, 15) is 10.1 Å². The molecule has 1 saturated heterocycles. The Balaban J connectivity index is 2.68. The third kappa shape index (κ3) is 2.85. The van der Waals surface area contributed by atoms with Crippen LogP contribution in [0.4, 0.5) is 0 Å². The van der Waals surface area contributed by atoms with Crippen molar-refractivity contribution >= 4 is 5.91 Å². The minimum absolute atomic E-state index is 0.0530. The molecular weight excluding hydrogens is 224 g/mol. The fraction of sp³-hybridized carbons (Fsp3) is 0.867. The summed E-state index contributed by atoms with van der Waals surface area (Å²) in [6.45, 7) is 10.0. The Morgan fingerprint density at radius 1 is 1.33 bits per heavy atom. The lowest BCUT2D eigenvalue weighted by Gasteiger charge is -2.37. The number of likely N-dealkylation sites (tertiary alicyclic amines) is 1. The zero-order chi connectivity index (χ0) is 13.8. The Hall–Kier alpha value is -1.04. The molecule has 1 heterocycles. The lowest BCUT2D eigenvalue weighted by Crippen LogP contribution is -2.47. The van der Waals surface area contributed by atoms with Crippen LogP contribution >= 0.6 is 0 Å². The van der Waals surface area contributed by atoms with Gasteiger partial charge in [-0.05, 0) is 37.5 Å². The predicted molar refractivity (Wildman–Crippen MR) is 72.8 cm³/mol. The summed E-state index contributed by atoms with van der Waals surface area (Å²) in [5.74, 6) is 1.48. The van der Waals surface area contributed by atoms with E-state index in [4.69, 9.17) is 0 Å². The van der Waals surface area contributed by atoms with E-state index in [-0.39, 0.29) is 5.91 Å². The molecule has 0 aromatic carbocycles. The second kappa shape index (κ2) is 6.22. The zero-order valence-corrected chi connectivity index (χ0v) is 12.2. The van der Waals surface area contributed by atoms with Gasteiger partial charge in [-0.3, -0.25) is 4.79 Å². The summed E-state index contributed by atoms with van der Waals surface area (Å²) in [5, 5.41) is 9.32. The van der Waals surface area contributed by atoms with Gasteiger partial charge >= 0.3 is 0 Å². The average Bonchev–Trinajstić information content (AvgIpc) is 2.41. The van der Waals surface area contributed by atoms with Gasteiger partial charge in [-0.1, -0.05) is 27.7 Å². The number of rotatable bonds is 4. The zero-order valence-electron chi connectivity index (χ0n) is 12.2. The van der Waals surface area contributed by atoms with Gasteiger partial charge in [0.25, 0.3) is 0 Å². The molecule has 0 N–H and O–H groups in total. The molecule has 0 spiro atoms. The molecule has 0 saturated carbocycles. The summed E-state index contributed by atoms with van der Waals surface area (Å²) in [6, 6.07) is 2.25. The van der Waals surface area contributed by atoms with Crippen molar-refractivity contribution in [3.63, 3.8) is 0 Å². The lowest BCUT2D eigenvalue weighted by molar-refractivity contribution is -0.141. The maximum absolute atomic E-state index is 12.5. The first-order valence-corrected chi connectivity index (χ1v) is 7.21. The van der Waals surface area contributed by atoms with Gasteiger partial charge in [0, 0.05) is 13.1 Å². The molecule has 1 aliphatic heterocycles. The molecule has 0 aromatic heterocycles. The first-order chi connectivity index (χ1) is 8.50. The monoisotopic (exact) mass is 250 g/mol. The fourth-order valence-electron chi connectivity index (χ4n) is 2.83. The lowest BCUT2D eigenvalue weighted by atomic mass is 9.80. The van der Waals surface area contributed by atoms with E-state index < -0.39 is 5.41 Å². The highest BCUT2D eigenvalue weighted by molar-refractivity contribution is 5.85. The van der Waals surface area contributed by atoms with Crippen LogP contribution in [0.25, 0.3) is 0 Å². The van der Waals surface area contributed by atoms with Crippen molar-refractivity contribution in [3.8, 4) is 6.07 Å². The number of carbonyl (C=O) groups excluding carboxylic acids is 1. The van der Waals surface area contributed by atoms with E-state index >= 15 is 0 Å². The SMILES string of the molecule is CCC(C#N)(CC)C(=O)N1CCC(C(C)C)CC1. The highest BCUT2D eigenvalue weighted by Gasteiger charge is 2.39. The Morgan fingerprint density at radius 3 is 2.17 bits per heavy atom. The van der Waals surface area contributed by atoms with Crippen molar-refractivity contribution in [1.82, 2.24) is 4.90 Å². The van der Waals surface area contributed by atoms with Crippen LogP contribution < -0.4 is 0 Å². The van der Waals surface area contributed by atoms with Gasteiger partial charge in [0.2, 0.25) is 5.91 Å². The molecule has 1 fully saturated rings. The minimum Gasteiger partial charge on any atom is -0.341 e. The van der Waals surface area contributed by atoms with E-state index in [0.717, 1.165) is 31.8 Å². The molecule has 1 amide bonds. The number of hydrogen-bond donors (Lipinski definition) is 0. The normalized spacial score (nSPS) is 17.9. The second-order valence-corrected chi connectivity index (χ2v) is 5.77. The fourth-order valence-corrected chi connectivity index (χ4v) is 2.83. The van der Waals surface area contributed by atoms with E-state index in [1.54, 1.807) is 0 Å². The largest absolute Gasteiger partial charge is 0.341 e. The molecular formula is C15H26N2O. The second-order valence-electron chi connectivity index (χ2n) is 5.77. The van der Waals surface area contributed by atoms with Crippen LogP contribution in [0.1, 0.15) is 53.4 Å². The molecule has 3 heteroatoms. The predicted octanol–water partition coefficient (Wildman–Crippen LogP) is 3.21. The number of hydrogen-bond acceptors (Lipinski definition) is 2. The van der Waals surface area contributed by atoms with Crippen LogP contribution in [0.15, 0.2) is 0 Å². The Labute approximate surface area is 111 Å². The van der Waals surface area contributed by atoms with Gasteiger partial charge in [-0.25, -0.2) is 0 Å². The van der Waals surface area contributed by atoms with Crippen molar-refractivity contribution in [2.45, 2.75) is 53.4 Å². The molecule has 18 heavy (non-hydrogen) atoms. The van der Waals surface area contributed by atoms with Crippen molar-refractivity contribution in [1.29, 1.82) is 5.26 Å². The minimum atomic E-state index is -0.787. The molecule has 0 atom stereocenters. The molecule has 0 aromatic rings. The first kappa shape index (κ1) is 15.0. The average molecular weight is 250 g/mol. The van der Waals surface area contributed by atoms with Crippen molar-refractivity contribution < 1.29 is 4.79 Å². The van der Waals surface area contributed by atoms with Crippen LogP contribution in [-0.4, -0.2) is 23.9 Å². The summed E-state index contributed by atoms with van der Waals surface area (Å²) in [4.78, 5) is 14.4. The summed E-state index contributed by atoms with van der Waals surface area (Å²) < 4.78 is 0. The van der Waals surface area contributed by atoms with E-state index in [1.807, 2.05) is 18.7 Å². The molecule has 0 aliphatic carbocycles. The van der Waals surface area contributed by atoms with E-state index in [2.05, 4.69) is 19.9 Å². The molecule has 3 nitrogen and oxygen atoms in total. The maximum Gasteiger partial charge on any atom is 0.243 e. The first-order valence-electron chi connectivity index (χ1n) is 7.21. The Morgan fingerprint density at radius 2 is 1.83 bits per heavy atom. The van der Waals surface area contributed by atoms with Gasteiger partial charge in [0.05, 0.1) is 6.07 Å². The Bertz CT molecular complexity index is 318. The number of piperidine rings is 1. The van der Waals surface area contributed by atoms with Crippen LogP contribution in [0.2, 0.25) is 0 Å². The van der Waals surface area contributed by atoms with Gasteiger partial charge < -0.3 is 4.90 Å². The van der Waals surface area contributed by atoms with Gasteiger partial charge in [0.15, 0.2) is 0 Å². The summed E-state index contributed by atoms with van der Waals surface area (Å²) in [6.07, 6.45) is 3.39. The molecule has 0 bridgehead atoms. The van der Waals surface area contributed by atoms with Gasteiger partial charge in [0.1, 0.15) is 5.41 Å². The molecule has 0 radical (unpaired) electrons. The molecule has 0 unspecified atom stereocenters. The van der Waals surface area contributed by atoms with Crippen molar-refractivity contribution in [2.75, 3.05) is 13.1 Å². The van der Waals surface area contributed by atoms with Crippen molar-refractivity contribution in [3.05, 3.63) is 0 Å². The number of carbonyl (C=O) groups is 1. The third-order valence-corrected chi connectivity index (χ3v) is 4.60. The standard InChI is InChI=1S/C15H26N2O/c1-5-15(6-2,11-16)14(18)17-9-7-13(8-10-17)12(3)4/h12-13H,5-10H2,1-4H3. The smallest absolute Gasteiger partial charge is 0.243 e. The summed E-state index contributed by atoms with van der Waals surface area (Å²) in [7, 11) is 0. The van der Waals surface area contributed by atoms with Gasteiger partial charge in [-0.15, -0.1) is 0 Å². The quantitative estimate of drug-likeness (QED) is 0.769. The van der Waals surface area contributed by atoms with Crippen LogP contribution in [0, 0.1) is 28.6 Å². The van der Waals surface area contributed by atoms with E-state index in [1.165, 1.54) is 0 Å². The maximum atomic E-state index is 12.5. The highest BCUT2D eigenvalue weighted by atomic mass is 16.2. The number of nitriles is 1. The number of amides is 1. The van der Waals surface area contributed by atoms with Crippen LogP contribution in [0.3, 0.4) is 0 Å². The van der Waals surface area contributed by atoms with Crippen molar-refractivity contribution in [2.24, 2.45) is 17.3 Å². The van der Waals surface area contributed by atoms with Crippen LogP contribution in [-0.2, 0) is 4.79 Å². The molecule has 1 rings (SSSR count). The van der Waals surface area contributed by atoms with Crippen LogP contribution in [0.5, 0.6) is 0 Å².